The molecule has 0 unspecified atom stereocenters. The van der Waals surface area contributed by atoms with Crippen LogP contribution >= 0.6 is 23.2 Å². The van der Waals surface area contributed by atoms with Gasteiger partial charge in [-0.05, 0) is 53.6 Å². The number of rotatable bonds is 7. The highest BCUT2D eigenvalue weighted by Crippen LogP contribution is 2.23. The molecule has 0 radical (unpaired) electrons. The Kier molecular flexibility index (Phi) is 6.75. The Morgan fingerprint density at radius 3 is 2.28 bits per heavy atom. The zero-order valence-corrected chi connectivity index (χ0v) is 16.8. The summed E-state index contributed by atoms with van der Waals surface area (Å²) in [5, 5.41) is 15.8. The van der Waals surface area contributed by atoms with Crippen molar-refractivity contribution in [3.05, 3.63) is 93.5 Å². The number of nitrogens with one attached hydrogen (secondary N) is 2. The monoisotopic (exact) mass is 428 g/mol. The second-order valence-electron chi connectivity index (χ2n) is 6.40. The van der Waals surface area contributed by atoms with Gasteiger partial charge in [0.25, 0.3) is 5.91 Å². The van der Waals surface area contributed by atoms with Gasteiger partial charge in [0.1, 0.15) is 0 Å². The van der Waals surface area contributed by atoms with E-state index >= 15 is 0 Å². The highest BCUT2D eigenvalue weighted by Gasteiger charge is 2.12. The molecule has 1 amide bonds. The van der Waals surface area contributed by atoms with Gasteiger partial charge in [0, 0.05) is 22.9 Å². The fourth-order valence-electron chi connectivity index (χ4n) is 2.74. The topological polar surface area (TPSA) is 78.4 Å². The van der Waals surface area contributed by atoms with E-state index in [4.69, 9.17) is 28.3 Å². The van der Waals surface area contributed by atoms with E-state index in [1.54, 1.807) is 42.5 Å². The summed E-state index contributed by atoms with van der Waals surface area (Å²) < 4.78 is 0. The van der Waals surface area contributed by atoms with Gasteiger partial charge in [-0.15, -0.1) is 0 Å². The number of anilines is 2. The maximum atomic E-state index is 12.6. The molecule has 0 saturated heterocycles. The maximum absolute atomic E-state index is 12.6. The van der Waals surface area contributed by atoms with Crippen LogP contribution in [0, 0.1) is 0 Å². The van der Waals surface area contributed by atoms with Crippen LogP contribution in [0.2, 0.25) is 10.0 Å². The number of halogens is 2. The Bertz CT molecular complexity index is 1040. The van der Waals surface area contributed by atoms with E-state index in [0.717, 1.165) is 11.3 Å². The van der Waals surface area contributed by atoms with E-state index in [-0.39, 0.29) is 12.3 Å². The summed E-state index contributed by atoms with van der Waals surface area (Å²) in [5.74, 6) is -1.26. The quantitative estimate of drug-likeness (QED) is 0.465. The van der Waals surface area contributed by atoms with Crippen molar-refractivity contribution in [2.24, 2.45) is 0 Å². The maximum Gasteiger partial charge on any atom is 0.307 e. The average molecular weight is 429 g/mol. The summed E-state index contributed by atoms with van der Waals surface area (Å²) in [5.41, 5.74) is 3.30. The molecule has 0 aliphatic rings. The molecule has 5 nitrogen and oxygen atoms in total. The molecule has 3 rings (SSSR count). The molecule has 0 spiro atoms. The first kappa shape index (κ1) is 20.7. The van der Waals surface area contributed by atoms with Gasteiger partial charge in [-0.2, -0.15) is 0 Å². The summed E-state index contributed by atoms with van der Waals surface area (Å²) in [7, 11) is 0. The average Bonchev–Trinajstić information content (AvgIpc) is 2.68. The molecule has 0 heterocycles. The molecule has 0 aliphatic heterocycles. The third kappa shape index (κ3) is 5.98. The smallest absolute Gasteiger partial charge is 0.307 e. The number of hydrogen-bond donors (Lipinski definition) is 3. The molecular weight excluding hydrogens is 411 g/mol. The molecule has 29 heavy (non-hydrogen) atoms. The Labute approximate surface area is 178 Å². The second kappa shape index (κ2) is 9.45. The molecule has 0 aromatic heterocycles. The van der Waals surface area contributed by atoms with Crippen LogP contribution in [0.25, 0.3) is 0 Å². The van der Waals surface area contributed by atoms with Crippen LogP contribution in [0.3, 0.4) is 0 Å². The van der Waals surface area contributed by atoms with Gasteiger partial charge in [-0.1, -0.05) is 47.5 Å². The minimum absolute atomic E-state index is 0.0691. The van der Waals surface area contributed by atoms with Crippen LogP contribution in [0.4, 0.5) is 11.4 Å². The lowest BCUT2D eigenvalue weighted by atomic mass is 10.1. The van der Waals surface area contributed by atoms with Crippen molar-refractivity contribution < 1.29 is 14.7 Å². The molecule has 0 fully saturated rings. The van der Waals surface area contributed by atoms with Crippen molar-refractivity contribution in [2.75, 3.05) is 10.6 Å². The fraction of sp³-hybridized carbons (Fsp3) is 0.0909. The molecule has 7 heteroatoms. The normalized spacial score (nSPS) is 10.4. The molecule has 0 bridgehead atoms. The molecule has 3 N–H and O–H groups in total. The molecule has 0 aliphatic carbocycles. The predicted octanol–water partition coefficient (Wildman–Crippen LogP) is 5.48. The van der Waals surface area contributed by atoms with E-state index in [2.05, 4.69) is 10.6 Å². The van der Waals surface area contributed by atoms with E-state index in [0.29, 0.717) is 33.4 Å². The SMILES string of the molecule is O=C(O)Cc1ccc(NC(=O)c2cc(NCc3cccc(Cl)c3)ccc2Cl)cc1. The number of benzene rings is 3. The number of hydrogen-bond acceptors (Lipinski definition) is 3. The van der Waals surface area contributed by atoms with Crippen LogP contribution < -0.4 is 10.6 Å². The van der Waals surface area contributed by atoms with Crippen molar-refractivity contribution in [1.82, 2.24) is 0 Å². The third-order valence-corrected chi connectivity index (χ3v) is 4.73. The largest absolute Gasteiger partial charge is 0.481 e. The van der Waals surface area contributed by atoms with E-state index < -0.39 is 5.97 Å². The number of carboxylic acid groups (broad SMARTS) is 1. The van der Waals surface area contributed by atoms with E-state index in [1.165, 1.54) is 0 Å². The van der Waals surface area contributed by atoms with Gasteiger partial charge in [0.15, 0.2) is 0 Å². The van der Waals surface area contributed by atoms with Gasteiger partial charge in [0.2, 0.25) is 0 Å². The lowest BCUT2D eigenvalue weighted by Crippen LogP contribution is -2.13. The number of amides is 1. The van der Waals surface area contributed by atoms with E-state index in [1.807, 2.05) is 24.3 Å². The van der Waals surface area contributed by atoms with Crippen molar-refractivity contribution in [2.45, 2.75) is 13.0 Å². The minimum atomic E-state index is -0.907. The van der Waals surface area contributed by atoms with Gasteiger partial charge >= 0.3 is 5.97 Å². The van der Waals surface area contributed by atoms with Crippen molar-refractivity contribution in [1.29, 1.82) is 0 Å². The Morgan fingerprint density at radius 1 is 0.862 bits per heavy atom. The molecule has 0 atom stereocenters. The first-order valence-corrected chi connectivity index (χ1v) is 9.56. The number of carbonyl (C=O) groups is 2. The Morgan fingerprint density at radius 2 is 1.59 bits per heavy atom. The number of carbonyl (C=O) groups excluding carboxylic acids is 1. The van der Waals surface area contributed by atoms with Gasteiger partial charge in [-0.25, -0.2) is 0 Å². The highest BCUT2D eigenvalue weighted by atomic mass is 35.5. The van der Waals surface area contributed by atoms with Crippen LogP contribution in [0.5, 0.6) is 0 Å². The second-order valence-corrected chi connectivity index (χ2v) is 7.24. The summed E-state index contributed by atoms with van der Waals surface area (Å²) in [4.78, 5) is 23.4. The standard InChI is InChI=1S/C22H18Cl2N2O3/c23-16-3-1-2-15(10-16)13-25-18-8-9-20(24)19(12-18)22(29)26-17-6-4-14(5-7-17)11-21(27)28/h1-10,12,25H,11,13H2,(H,26,29)(H,27,28). The molecule has 148 valence electrons. The fourth-order valence-corrected chi connectivity index (χ4v) is 3.16. The van der Waals surface area contributed by atoms with Crippen molar-refractivity contribution >= 4 is 46.5 Å². The molecule has 3 aromatic carbocycles. The summed E-state index contributed by atoms with van der Waals surface area (Å²) in [6.07, 6.45) is -0.0691. The van der Waals surface area contributed by atoms with Crippen molar-refractivity contribution in [3.8, 4) is 0 Å². The summed E-state index contributed by atoms with van der Waals surface area (Å²) >= 11 is 12.2. The lowest BCUT2D eigenvalue weighted by molar-refractivity contribution is -0.136. The molecule has 0 saturated carbocycles. The van der Waals surface area contributed by atoms with Crippen molar-refractivity contribution in [3.63, 3.8) is 0 Å². The van der Waals surface area contributed by atoms with Crippen LogP contribution in [-0.4, -0.2) is 17.0 Å². The third-order valence-electron chi connectivity index (χ3n) is 4.16. The predicted molar refractivity (Wildman–Crippen MR) is 116 cm³/mol. The minimum Gasteiger partial charge on any atom is -0.481 e. The number of carboxylic acids is 1. The Hall–Kier alpha value is -3.02. The first-order chi connectivity index (χ1) is 13.9. The lowest BCUT2D eigenvalue weighted by Gasteiger charge is -2.11. The first-order valence-electron chi connectivity index (χ1n) is 8.80. The van der Waals surface area contributed by atoms with E-state index in [9.17, 15) is 9.59 Å². The van der Waals surface area contributed by atoms with Gasteiger partial charge in [0.05, 0.1) is 17.0 Å². The van der Waals surface area contributed by atoms with Gasteiger partial charge in [-0.3, -0.25) is 9.59 Å². The number of aliphatic carboxylic acids is 1. The van der Waals surface area contributed by atoms with Crippen LogP contribution in [-0.2, 0) is 17.8 Å². The van der Waals surface area contributed by atoms with Gasteiger partial charge < -0.3 is 15.7 Å². The summed E-state index contributed by atoms with van der Waals surface area (Å²) in [6, 6.07) is 19.3. The zero-order valence-electron chi connectivity index (χ0n) is 15.3. The highest BCUT2D eigenvalue weighted by molar-refractivity contribution is 6.34. The van der Waals surface area contributed by atoms with Crippen LogP contribution in [0.1, 0.15) is 21.5 Å². The zero-order chi connectivity index (χ0) is 20.8. The summed E-state index contributed by atoms with van der Waals surface area (Å²) in [6.45, 7) is 0.550. The molecule has 3 aromatic rings. The van der Waals surface area contributed by atoms with Crippen LogP contribution in [0.15, 0.2) is 66.7 Å². The Balaban J connectivity index is 1.68. The molecular formula is C22H18Cl2N2O3.